The van der Waals surface area contributed by atoms with E-state index in [1.165, 1.54) is 11.3 Å². The number of thiophene rings is 1. The third-order valence-electron chi connectivity index (χ3n) is 4.90. The fourth-order valence-electron chi connectivity index (χ4n) is 3.34. The van der Waals surface area contributed by atoms with Crippen LogP contribution in [0.15, 0.2) is 41.9 Å². The normalized spacial score (nSPS) is 14.6. The fourth-order valence-corrected chi connectivity index (χ4v) is 4.23. The van der Waals surface area contributed by atoms with Crippen molar-refractivity contribution in [1.82, 2.24) is 14.7 Å². The van der Waals surface area contributed by atoms with E-state index in [0.717, 1.165) is 44.1 Å². The van der Waals surface area contributed by atoms with Gasteiger partial charge in [-0.05, 0) is 29.6 Å². The molecule has 9 heteroatoms. The molecule has 0 aliphatic carbocycles. The highest BCUT2D eigenvalue weighted by atomic mass is 35.5. The minimum atomic E-state index is -0.145. The number of morpholine rings is 1. The summed E-state index contributed by atoms with van der Waals surface area (Å²) >= 11 is 7.80. The van der Waals surface area contributed by atoms with E-state index in [4.69, 9.17) is 21.1 Å². The monoisotopic (exact) mass is 446 g/mol. The first-order valence-corrected chi connectivity index (χ1v) is 11.0. The lowest BCUT2D eigenvalue weighted by molar-refractivity contribution is 0.0323. The second kappa shape index (κ2) is 9.61. The molecule has 1 fully saturated rings. The number of nitrogens with zero attached hydrogens (tertiary/aromatic N) is 3. The number of aryl methyl sites for hydroxylation is 1. The number of hydrogen-bond acceptors (Lipinski definition) is 6. The molecule has 7 nitrogen and oxygen atoms in total. The third-order valence-corrected chi connectivity index (χ3v) is 6.05. The van der Waals surface area contributed by atoms with E-state index in [1.54, 1.807) is 16.9 Å². The zero-order valence-electron chi connectivity index (χ0n) is 16.6. The molecular weight excluding hydrogens is 424 g/mol. The Morgan fingerprint density at radius 2 is 2.17 bits per heavy atom. The quantitative estimate of drug-likeness (QED) is 0.598. The maximum Gasteiger partial charge on any atom is 0.265 e. The van der Waals surface area contributed by atoms with Crippen molar-refractivity contribution < 1.29 is 14.3 Å². The fraction of sp³-hybridized carbons (Fsp3) is 0.333. The zero-order valence-corrected chi connectivity index (χ0v) is 18.2. The molecule has 0 unspecified atom stereocenters. The second-order valence-electron chi connectivity index (χ2n) is 6.91. The third kappa shape index (κ3) is 4.84. The number of ether oxygens (including phenoxy) is 2. The molecule has 0 saturated carbocycles. The lowest BCUT2D eigenvalue weighted by Gasteiger charge is -2.26. The Morgan fingerprint density at radius 1 is 1.33 bits per heavy atom. The minimum Gasteiger partial charge on any atom is -0.492 e. The average Bonchev–Trinajstić information content (AvgIpc) is 3.40. The number of carbonyl (C=O) groups is 1. The van der Waals surface area contributed by atoms with Crippen LogP contribution in [0.3, 0.4) is 0 Å². The first-order chi connectivity index (χ1) is 14.6. The zero-order chi connectivity index (χ0) is 20.9. The number of carbonyl (C=O) groups excluding carboxylic acids is 1. The summed E-state index contributed by atoms with van der Waals surface area (Å²) in [5, 5.41) is 9.58. The maximum absolute atomic E-state index is 12.4. The van der Waals surface area contributed by atoms with E-state index in [2.05, 4.69) is 15.3 Å². The molecule has 1 N–H and O–H groups in total. The first kappa shape index (κ1) is 20.9. The lowest BCUT2D eigenvalue weighted by atomic mass is 10.1. The van der Waals surface area contributed by atoms with Crippen molar-refractivity contribution >= 4 is 34.5 Å². The van der Waals surface area contributed by atoms with E-state index in [9.17, 15) is 4.79 Å². The SMILES string of the molecule is Cn1ncc(Cl)c1-c1cc(NC(=O)c2cccs2)ccc1OCCN1CCOCC1. The van der Waals surface area contributed by atoms with E-state index in [1.807, 2.05) is 36.7 Å². The molecule has 0 radical (unpaired) electrons. The standard InChI is InChI=1S/C21H23ClN4O3S/c1-25-20(17(22)14-23-25)16-13-15(24-21(27)19-3-2-12-30-19)4-5-18(16)29-11-8-26-6-9-28-10-7-26/h2-5,12-14H,6-11H2,1H3,(H,24,27). The van der Waals surface area contributed by atoms with Crippen LogP contribution < -0.4 is 10.1 Å². The van der Waals surface area contributed by atoms with E-state index in [0.29, 0.717) is 27.9 Å². The molecule has 1 aromatic carbocycles. The number of halogens is 1. The van der Waals surface area contributed by atoms with Crippen LogP contribution in [0, 0.1) is 0 Å². The number of rotatable bonds is 7. The summed E-state index contributed by atoms with van der Waals surface area (Å²) in [5.41, 5.74) is 2.19. The molecule has 30 heavy (non-hydrogen) atoms. The molecule has 2 aromatic heterocycles. The molecule has 158 valence electrons. The Labute approximate surface area is 184 Å². The van der Waals surface area contributed by atoms with Gasteiger partial charge in [0, 0.05) is 37.9 Å². The number of nitrogens with one attached hydrogen (secondary N) is 1. The highest BCUT2D eigenvalue weighted by molar-refractivity contribution is 7.12. The molecule has 3 aromatic rings. The highest BCUT2D eigenvalue weighted by Crippen LogP contribution is 2.36. The molecule has 0 spiro atoms. The van der Waals surface area contributed by atoms with Gasteiger partial charge in [0.1, 0.15) is 12.4 Å². The van der Waals surface area contributed by atoms with Gasteiger partial charge in [-0.25, -0.2) is 0 Å². The molecule has 0 bridgehead atoms. The van der Waals surface area contributed by atoms with Gasteiger partial charge in [0.05, 0.1) is 35.0 Å². The van der Waals surface area contributed by atoms with Crippen molar-refractivity contribution in [2.75, 3.05) is 44.8 Å². The summed E-state index contributed by atoms with van der Waals surface area (Å²) in [4.78, 5) is 15.4. The van der Waals surface area contributed by atoms with Crippen molar-refractivity contribution in [2.45, 2.75) is 0 Å². The minimum absolute atomic E-state index is 0.145. The Bertz CT molecular complexity index is 980. The van der Waals surface area contributed by atoms with Gasteiger partial charge in [-0.3, -0.25) is 14.4 Å². The summed E-state index contributed by atoms with van der Waals surface area (Å²) < 4.78 is 13.2. The molecule has 0 atom stereocenters. The lowest BCUT2D eigenvalue weighted by Crippen LogP contribution is -2.38. The van der Waals surface area contributed by atoms with Crippen LogP contribution in [0.5, 0.6) is 5.75 Å². The van der Waals surface area contributed by atoms with Crippen LogP contribution in [0.4, 0.5) is 5.69 Å². The first-order valence-electron chi connectivity index (χ1n) is 9.71. The summed E-state index contributed by atoms with van der Waals surface area (Å²) in [6.45, 7) is 4.71. The summed E-state index contributed by atoms with van der Waals surface area (Å²) in [7, 11) is 1.83. The van der Waals surface area contributed by atoms with E-state index in [-0.39, 0.29) is 5.91 Å². The van der Waals surface area contributed by atoms with Crippen molar-refractivity contribution in [1.29, 1.82) is 0 Å². The van der Waals surface area contributed by atoms with Crippen molar-refractivity contribution in [3.05, 3.63) is 51.8 Å². The van der Waals surface area contributed by atoms with Crippen molar-refractivity contribution in [3.63, 3.8) is 0 Å². The van der Waals surface area contributed by atoms with Crippen LogP contribution >= 0.6 is 22.9 Å². The predicted molar refractivity (Wildman–Crippen MR) is 119 cm³/mol. The Kier molecular flexibility index (Phi) is 6.69. The molecule has 4 rings (SSSR count). The average molecular weight is 447 g/mol. The molecule has 1 aliphatic rings. The summed E-state index contributed by atoms with van der Waals surface area (Å²) in [6, 6.07) is 9.22. The van der Waals surface area contributed by atoms with Crippen molar-refractivity contribution in [2.24, 2.45) is 7.05 Å². The van der Waals surface area contributed by atoms with Crippen molar-refractivity contribution in [3.8, 4) is 17.0 Å². The smallest absolute Gasteiger partial charge is 0.265 e. The maximum atomic E-state index is 12.4. The van der Waals surface area contributed by atoms with Gasteiger partial charge in [0.2, 0.25) is 0 Å². The van der Waals surface area contributed by atoms with Crippen LogP contribution in [-0.2, 0) is 11.8 Å². The van der Waals surface area contributed by atoms with Gasteiger partial charge in [0.15, 0.2) is 0 Å². The molecular formula is C21H23ClN4O3S. The largest absolute Gasteiger partial charge is 0.492 e. The number of amides is 1. The number of benzene rings is 1. The molecule has 1 amide bonds. The van der Waals surface area contributed by atoms with Gasteiger partial charge in [-0.15, -0.1) is 11.3 Å². The van der Waals surface area contributed by atoms with E-state index >= 15 is 0 Å². The predicted octanol–water partition coefficient (Wildman–Crippen LogP) is 3.77. The van der Waals surface area contributed by atoms with E-state index < -0.39 is 0 Å². The summed E-state index contributed by atoms with van der Waals surface area (Å²) in [5.74, 6) is 0.552. The second-order valence-corrected chi connectivity index (χ2v) is 8.26. The van der Waals surface area contributed by atoms with Gasteiger partial charge in [-0.2, -0.15) is 5.10 Å². The Balaban J connectivity index is 1.55. The highest BCUT2D eigenvalue weighted by Gasteiger charge is 2.17. The Morgan fingerprint density at radius 3 is 2.87 bits per heavy atom. The molecule has 1 aliphatic heterocycles. The number of hydrogen-bond donors (Lipinski definition) is 1. The van der Waals surface area contributed by atoms with Gasteiger partial charge < -0.3 is 14.8 Å². The van der Waals surface area contributed by atoms with Gasteiger partial charge in [-0.1, -0.05) is 17.7 Å². The number of anilines is 1. The van der Waals surface area contributed by atoms with Crippen LogP contribution in [0.25, 0.3) is 11.3 Å². The van der Waals surface area contributed by atoms with Crippen LogP contribution in [0.2, 0.25) is 5.02 Å². The summed E-state index contributed by atoms with van der Waals surface area (Å²) in [6.07, 6.45) is 1.60. The molecule has 3 heterocycles. The number of aromatic nitrogens is 2. The van der Waals surface area contributed by atoms with Crippen LogP contribution in [0.1, 0.15) is 9.67 Å². The topological polar surface area (TPSA) is 68.6 Å². The Hall–Kier alpha value is -2.39. The van der Waals surface area contributed by atoms with Gasteiger partial charge >= 0.3 is 0 Å². The van der Waals surface area contributed by atoms with Crippen LogP contribution in [-0.4, -0.2) is 60.0 Å². The molecule has 1 saturated heterocycles. The van der Waals surface area contributed by atoms with Gasteiger partial charge in [0.25, 0.3) is 5.91 Å².